The molecule has 0 unspecified atom stereocenters. The van der Waals surface area contributed by atoms with Gasteiger partial charge in [-0.05, 0) is 26.2 Å². The maximum absolute atomic E-state index is 5.79. The summed E-state index contributed by atoms with van der Waals surface area (Å²) in [6.07, 6.45) is 7.79. The van der Waals surface area contributed by atoms with Crippen LogP contribution in [0.2, 0.25) is 0 Å². The molecular formula is C13H23BrO. The standard InChI is InChI=1S/C13H23BrO/c1-12(2)6-9-15-11-13(10-14)7-4-3-5-8-13/h1,3-11H2,2H3. The molecule has 1 nitrogen and oxygen atoms in total. The quantitative estimate of drug-likeness (QED) is 0.398. The van der Waals surface area contributed by atoms with Crippen molar-refractivity contribution in [1.29, 1.82) is 0 Å². The van der Waals surface area contributed by atoms with Gasteiger partial charge in [-0.3, -0.25) is 0 Å². The van der Waals surface area contributed by atoms with Crippen LogP contribution >= 0.6 is 15.9 Å². The van der Waals surface area contributed by atoms with Crippen LogP contribution in [-0.4, -0.2) is 18.5 Å². The van der Waals surface area contributed by atoms with Crippen LogP contribution in [0, 0.1) is 5.41 Å². The van der Waals surface area contributed by atoms with E-state index in [2.05, 4.69) is 29.4 Å². The number of rotatable bonds is 6. The van der Waals surface area contributed by atoms with E-state index in [4.69, 9.17) is 4.74 Å². The fraction of sp³-hybridized carbons (Fsp3) is 0.846. The Morgan fingerprint density at radius 2 is 2.00 bits per heavy atom. The zero-order chi connectivity index (χ0) is 11.1. The molecule has 0 spiro atoms. The van der Waals surface area contributed by atoms with E-state index in [9.17, 15) is 0 Å². The first kappa shape index (κ1) is 13.2. The van der Waals surface area contributed by atoms with Crippen LogP contribution < -0.4 is 0 Å². The molecule has 88 valence electrons. The maximum Gasteiger partial charge on any atom is 0.0530 e. The largest absolute Gasteiger partial charge is 0.381 e. The average molecular weight is 275 g/mol. The Morgan fingerprint density at radius 3 is 2.53 bits per heavy atom. The van der Waals surface area contributed by atoms with Crippen molar-refractivity contribution in [1.82, 2.24) is 0 Å². The van der Waals surface area contributed by atoms with Gasteiger partial charge in [-0.15, -0.1) is 6.58 Å². The van der Waals surface area contributed by atoms with Gasteiger partial charge in [0.1, 0.15) is 0 Å². The number of alkyl halides is 1. The lowest BCUT2D eigenvalue weighted by Gasteiger charge is -2.35. The maximum atomic E-state index is 5.79. The SMILES string of the molecule is C=C(C)CCOCC1(CBr)CCCCC1. The van der Waals surface area contributed by atoms with Gasteiger partial charge in [-0.1, -0.05) is 40.8 Å². The highest BCUT2D eigenvalue weighted by Gasteiger charge is 2.30. The molecule has 1 aliphatic rings. The van der Waals surface area contributed by atoms with E-state index in [1.165, 1.54) is 37.7 Å². The van der Waals surface area contributed by atoms with E-state index in [0.29, 0.717) is 5.41 Å². The van der Waals surface area contributed by atoms with Gasteiger partial charge in [0, 0.05) is 10.7 Å². The van der Waals surface area contributed by atoms with Crippen molar-refractivity contribution < 1.29 is 4.74 Å². The van der Waals surface area contributed by atoms with E-state index in [1.807, 2.05) is 0 Å². The third-order valence-corrected chi connectivity index (χ3v) is 4.47. The second kappa shape index (κ2) is 6.70. The predicted molar refractivity (Wildman–Crippen MR) is 69.6 cm³/mol. The van der Waals surface area contributed by atoms with Crippen molar-refractivity contribution in [2.75, 3.05) is 18.5 Å². The Balaban J connectivity index is 2.23. The Morgan fingerprint density at radius 1 is 1.33 bits per heavy atom. The third kappa shape index (κ3) is 4.69. The lowest BCUT2D eigenvalue weighted by molar-refractivity contribution is 0.0365. The van der Waals surface area contributed by atoms with Gasteiger partial charge in [-0.25, -0.2) is 0 Å². The van der Waals surface area contributed by atoms with Gasteiger partial charge in [-0.2, -0.15) is 0 Å². The van der Waals surface area contributed by atoms with Gasteiger partial charge in [0.15, 0.2) is 0 Å². The molecule has 0 aromatic heterocycles. The van der Waals surface area contributed by atoms with Crippen LogP contribution in [0.4, 0.5) is 0 Å². The van der Waals surface area contributed by atoms with Gasteiger partial charge in [0.25, 0.3) is 0 Å². The molecule has 1 saturated carbocycles. The number of ether oxygens (including phenoxy) is 1. The monoisotopic (exact) mass is 274 g/mol. The molecule has 0 amide bonds. The van der Waals surface area contributed by atoms with Crippen LogP contribution in [0.25, 0.3) is 0 Å². The average Bonchev–Trinajstić information content (AvgIpc) is 2.26. The molecule has 0 saturated heterocycles. The van der Waals surface area contributed by atoms with Crippen LogP contribution in [0.5, 0.6) is 0 Å². The normalized spacial score (nSPS) is 20.1. The summed E-state index contributed by atoms with van der Waals surface area (Å²) in [6, 6.07) is 0. The molecule has 0 heterocycles. The fourth-order valence-electron chi connectivity index (χ4n) is 2.15. The van der Waals surface area contributed by atoms with E-state index >= 15 is 0 Å². The van der Waals surface area contributed by atoms with Crippen LogP contribution in [0.3, 0.4) is 0 Å². The number of hydrogen-bond acceptors (Lipinski definition) is 1. The summed E-state index contributed by atoms with van der Waals surface area (Å²) in [7, 11) is 0. The highest BCUT2D eigenvalue weighted by molar-refractivity contribution is 9.09. The minimum Gasteiger partial charge on any atom is -0.381 e. The molecule has 0 N–H and O–H groups in total. The van der Waals surface area contributed by atoms with Gasteiger partial charge >= 0.3 is 0 Å². The zero-order valence-corrected chi connectivity index (χ0v) is 11.4. The zero-order valence-electron chi connectivity index (χ0n) is 9.86. The molecule has 0 aromatic rings. The summed E-state index contributed by atoms with van der Waals surface area (Å²) >= 11 is 3.65. The Bertz CT molecular complexity index is 195. The van der Waals surface area contributed by atoms with E-state index in [1.54, 1.807) is 0 Å². The fourth-order valence-corrected chi connectivity index (χ4v) is 2.88. The molecule has 15 heavy (non-hydrogen) atoms. The van der Waals surface area contributed by atoms with Gasteiger partial charge in [0.2, 0.25) is 0 Å². The summed E-state index contributed by atoms with van der Waals surface area (Å²) in [5.74, 6) is 0. The van der Waals surface area contributed by atoms with Gasteiger partial charge in [0.05, 0.1) is 13.2 Å². The summed E-state index contributed by atoms with van der Waals surface area (Å²) in [6.45, 7) is 7.71. The molecule has 1 rings (SSSR count). The molecule has 1 fully saturated rings. The summed E-state index contributed by atoms with van der Waals surface area (Å²) < 4.78 is 5.79. The van der Waals surface area contributed by atoms with Crippen molar-refractivity contribution >= 4 is 15.9 Å². The molecule has 2 heteroatoms. The van der Waals surface area contributed by atoms with Crippen molar-refractivity contribution in [3.8, 4) is 0 Å². The highest BCUT2D eigenvalue weighted by atomic mass is 79.9. The molecular weight excluding hydrogens is 252 g/mol. The summed E-state index contributed by atoms with van der Waals surface area (Å²) in [4.78, 5) is 0. The van der Waals surface area contributed by atoms with Crippen molar-refractivity contribution in [2.24, 2.45) is 5.41 Å². The van der Waals surface area contributed by atoms with Crippen LogP contribution in [0.15, 0.2) is 12.2 Å². The number of halogens is 1. The Labute approximate surface area is 102 Å². The minimum atomic E-state index is 0.424. The Kier molecular flexibility index (Phi) is 5.91. The Hall–Kier alpha value is 0.180. The number of hydrogen-bond donors (Lipinski definition) is 0. The van der Waals surface area contributed by atoms with Gasteiger partial charge < -0.3 is 4.74 Å². The van der Waals surface area contributed by atoms with Crippen LogP contribution in [-0.2, 0) is 4.74 Å². The smallest absolute Gasteiger partial charge is 0.0530 e. The molecule has 0 bridgehead atoms. The summed E-state index contributed by atoms with van der Waals surface area (Å²) in [5.41, 5.74) is 1.64. The lowest BCUT2D eigenvalue weighted by Crippen LogP contribution is -2.31. The molecule has 0 aromatic carbocycles. The predicted octanol–water partition coefficient (Wildman–Crippen LogP) is 4.31. The molecule has 0 radical (unpaired) electrons. The second-order valence-electron chi connectivity index (χ2n) is 4.95. The van der Waals surface area contributed by atoms with Crippen LogP contribution in [0.1, 0.15) is 45.4 Å². The first-order valence-corrected chi connectivity index (χ1v) is 7.09. The van der Waals surface area contributed by atoms with Crippen molar-refractivity contribution in [2.45, 2.75) is 45.4 Å². The highest BCUT2D eigenvalue weighted by Crippen LogP contribution is 2.38. The topological polar surface area (TPSA) is 9.23 Å². The minimum absolute atomic E-state index is 0.424. The molecule has 0 aliphatic heterocycles. The molecule has 0 atom stereocenters. The van der Waals surface area contributed by atoms with E-state index in [-0.39, 0.29) is 0 Å². The third-order valence-electron chi connectivity index (χ3n) is 3.28. The van der Waals surface area contributed by atoms with Crippen molar-refractivity contribution in [3.05, 3.63) is 12.2 Å². The molecule has 1 aliphatic carbocycles. The second-order valence-corrected chi connectivity index (χ2v) is 5.51. The van der Waals surface area contributed by atoms with Crippen molar-refractivity contribution in [3.63, 3.8) is 0 Å². The van der Waals surface area contributed by atoms with E-state index in [0.717, 1.165) is 25.0 Å². The van der Waals surface area contributed by atoms with E-state index < -0.39 is 0 Å². The first-order chi connectivity index (χ1) is 7.18. The first-order valence-electron chi connectivity index (χ1n) is 5.97. The summed E-state index contributed by atoms with van der Waals surface area (Å²) in [5, 5.41) is 1.09. The lowest BCUT2D eigenvalue weighted by atomic mass is 9.76.